The highest BCUT2D eigenvalue weighted by Gasteiger charge is 2.16. The standard InChI is InChI=1S/C12H19BN2O2/c14-11-7-6-9(13(16)17)8-12(11)15-10-4-2-1-3-5-10/h6-8,10,15-17H,1-5,14H2. The van der Waals surface area contributed by atoms with Gasteiger partial charge < -0.3 is 21.1 Å². The maximum atomic E-state index is 9.13. The SMILES string of the molecule is Nc1ccc(B(O)O)cc1NC1CCCCC1. The molecule has 0 radical (unpaired) electrons. The Morgan fingerprint density at radius 3 is 2.53 bits per heavy atom. The van der Waals surface area contributed by atoms with Crippen LogP contribution in [0.5, 0.6) is 0 Å². The van der Waals surface area contributed by atoms with Gasteiger partial charge in [-0.25, -0.2) is 0 Å². The maximum Gasteiger partial charge on any atom is 0.488 e. The fourth-order valence-electron chi connectivity index (χ4n) is 2.33. The number of nitrogen functional groups attached to an aromatic ring is 1. The van der Waals surface area contributed by atoms with Crippen LogP contribution in [0.4, 0.5) is 11.4 Å². The second-order valence-corrected chi connectivity index (χ2v) is 4.70. The molecule has 17 heavy (non-hydrogen) atoms. The highest BCUT2D eigenvalue weighted by Crippen LogP contribution is 2.24. The molecule has 1 aromatic carbocycles. The van der Waals surface area contributed by atoms with E-state index in [2.05, 4.69) is 5.32 Å². The van der Waals surface area contributed by atoms with E-state index in [1.165, 1.54) is 19.3 Å². The molecule has 0 atom stereocenters. The average Bonchev–Trinajstić information content (AvgIpc) is 2.33. The molecule has 0 aliphatic heterocycles. The summed E-state index contributed by atoms with van der Waals surface area (Å²) in [5.41, 5.74) is 7.81. The lowest BCUT2D eigenvalue weighted by atomic mass is 9.80. The van der Waals surface area contributed by atoms with Crippen LogP contribution < -0.4 is 16.5 Å². The Hall–Kier alpha value is -1.20. The van der Waals surface area contributed by atoms with Crippen molar-refractivity contribution in [2.45, 2.75) is 38.1 Å². The van der Waals surface area contributed by atoms with Gasteiger partial charge in [-0.05, 0) is 30.4 Å². The number of hydrogen-bond donors (Lipinski definition) is 4. The van der Waals surface area contributed by atoms with Gasteiger partial charge in [0.25, 0.3) is 0 Å². The number of anilines is 2. The minimum atomic E-state index is -1.44. The Bertz CT molecular complexity index is 379. The minimum absolute atomic E-state index is 0.456. The largest absolute Gasteiger partial charge is 0.488 e. The quantitative estimate of drug-likeness (QED) is 0.458. The number of hydrogen-bond acceptors (Lipinski definition) is 4. The molecule has 1 saturated carbocycles. The summed E-state index contributed by atoms with van der Waals surface area (Å²) >= 11 is 0. The van der Waals surface area contributed by atoms with Gasteiger partial charge in [-0.15, -0.1) is 0 Å². The van der Waals surface area contributed by atoms with Crippen LogP contribution in [0.2, 0.25) is 0 Å². The van der Waals surface area contributed by atoms with E-state index in [9.17, 15) is 0 Å². The van der Waals surface area contributed by atoms with Gasteiger partial charge in [-0.2, -0.15) is 0 Å². The number of rotatable bonds is 3. The van der Waals surface area contributed by atoms with E-state index >= 15 is 0 Å². The maximum absolute atomic E-state index is 9.13. The first-order chi connectivity index (χ1) is 8.16. The van der Waals surface area contributed by atoms with Crippen molar-refractivity contribution in [2.75, 3.05) is 11.1 Å². The van der Waals surface area contributed by atoms with E-state index in [0.717, 1.165) is 18.5 Å². The number of nitrogens with one attached hydrogen (secondary N) is 1. The van der Waals surface area contributed by atoms with Gasteiger partial charge >= 0.3 is 7.12 Å². The van der Waals surface area contributed by atoms with Crippen LogP contribution >= 0.6 is 0 Å². The predicted octanol–water partition coefficient (Wildman–Crippen LogP) is 0.693. The molecular weight excluding hydrogens is 215 g/mol. The molecule has 92 valence electrons. The van der Waals surface area contributed by atoms with Gasteiger partial charge in [0.1, 0.15) is 0 Å². The topological polar surface area (TPSA) is 78.5 Å². The molecule has 5 heteroatoms. The van der Waals surface area contributed by atoms with Crippen LogP contribution in [0.3, 0.4) is 0 Å². The smallest absolute Gasteiger partial charge is 0.423 e. The molecule has 1 aliphatic rings. The molecule has 0 unspecified atom stereocenters. The fourth-order valence-corrected chi connectivity index (χ4v) is 2.33. The van der Waals surface area contributed by atoms with Gasteiger partial charge in [-0.1, -0.05) is 25.3 Å². The molecule has 5 N–H and O–H groups in total. The molecule has 0 amide bonds. The minimum Gasteiger partial charge on any atom is -0.423 e. The van der Waals surface area contributed by atoms with Gasteiger partial charge in [0, 0.05) is 6.04 Å². The normalized spacial score (nSPS) is 16.8. The molecule has 0 spiro atoms. The molecule has 1 aliphatic carbocycles. The number of nitrogens with two attached hydrogens (primary N) is 1. The second kappa shape index (κ2) is 5.43. The van der Waals surface area contributed by atoms with Crippen molar-refractivity contribution in [1.82, 2.24) is 0 Å². The van der Waals surface area contributed by atoms with Crippen molar-refractivity contribution in [3.63, 3.8) is 0 Å². The number of benzene rings is 1. The lowest BCUT2D eigenvalue weighted by molar-refractivity contribution is 0.426. The van der Waals surface area contributed by atoms with Crippen molar-refractivity contribution in [1.29, 1.82) is 0 Å². The van der Waals surface area contributed by atoms with Gasteiger partial charge in [0.2, 0.25) is 0 Å². The molecule has 2 rings (SSSR count). The molecule has 4 nitrogen and oxygen atoms in total. The van der Waals surface area contributed by atoms with Crippen molar-refractivity contribution in [3.05, 3.63) is 18.2 Å². The average molecular weight is 234 g/mol. The first-order valence-corrected chi connectivity index (χ1v) is 6.19. The molecule has 0 aromatic heterocycles. The summed E-state index contributed by atoms with van der Waals surface area (Å²) < 4.78 is 0. The third-order valence-electron chi connectivity index (χ3n) is 3.34. The summed E-state index contributed by atoms with van der Waals surface area (Å²) in [4.78, 5) is 0. The lowest BCUT2D eigenvalue weighted by Crippen LogP contribution is -2.31. The van der Waals surface area contributed by atoms with E-state index in [-0.39, 0.29) is 0 Å². The Morgan fingerprint density at radius 2 is 1.88 bits per heavy atom. The van der Waals surface area contributed by atoms with Crippen molar-refractivity contribution >= 4 is 24.0 Å². The Labute approximate surface area is 102 Å². The zero-order chi connectivity index (χ0) is 12.3. The van der Waals surface area contributed by atoms with Gasteiger partial charge in [0.05, 0.1) is 11.4 Å². The zero-order valence-corrected chi connectivity index (χ0v) is 9.89. The monoisotopic (exact) mass is 234 g/mol. The van der Waals surface area contributed by atoms with Gasteiger partial charge in [0.15, 0.2) is 0 Å². The van der Waals surface area contributed by atoms with Crippen LogP contribution in [-0.4, -0.2) is 23.2 Å². The van der Waals surface area contributed by atoms with Crippen LogP contribution in [-0.2, 0) is 0 Å². The van der Waals surface area contributed by atoms with Crippen molar-refractivity contribution in [2.24, 2.45) is 0 Å². The highest BCUT2D eigenvalue weighted by molar-refractivity contribution is 6.58. The van der Waals surface area contributed by atoms with Crippen molar-refractivity contribution in [3.8, 4) is 0 Å². The highest BCUT2D eigenvalue weighted by atomic mass is 16.4. The zero-order valence-electron chi connectivity index (χ0n) is 9.89. The summed E-state index contributed by atoms with van der Waals surface area (Å²) in [5.74, 6) is 0. The third-order valence-corrected chi connectivity index (χ3v) is 3.34. The first kappa shape index (κ1) is 12.3. The van der Waals surface area contributed by atoms with Crippen LogP contribution in [0.25, 0.3) is 0 Å². The summed E-state index contributed by atoms with van der Waals surface area (Å²) in [6, 6.07) is 5.51. The van der Waals surface area contributed by atoms with Crippen LogP contribution in [0, 0.1) is 0 Å². The van der Waals surface area contributed by atoms with Crippen LogP contribution in [0.1, 0.15) is 32.1 Å². The molecule has 0 saturated heterocycles. The summed E-state index contributed by atoms with van der Waals surface area (Å²) in [6.07, 6.45) is 6.12. The third kappa shape index (κ3) is 3.14. The van der Waals surface area contributed by atoms with E-state index in [4.69, 9.17) is 15.8 Å². The molecule has 0 bridgehead atoms. The summed E-state index contributed by atoms with van der Waals surface area (Å²) in [6.45, 7) is 0. The van der Waals surface area contributed by atoms with E-state index in [1.54, 1.807) is 18.2 Å². The van der Waals surface area contributed by atoms with E-state index in [0.29, 0.717) is 17.2 Å². The predicted molar refractivity (Wildman–Crippen MR) is 71.2 cm³/mol. The summed E-state index contributed by atoms with van der Waals surface area (Å²) in [5, 5.41) is 21.7. The second-order valence-electron chi connectivity index (χ2n) is 4.70. The Balaban J connectivity index is 2.10. The molecular formula is C12H19BN2O2. The molecule has 1 fully saturated rings. The summed E-state index contributed by atoms with van der Waals surface area (Å²) in [7, 11) is -1.44. The van der Waals surface area contributed by atoms with Crippen molar-refractivity contribution < 1.29 is 10.0 Å². The first-order valence-electron chi connectivity index (χ1n) is 6.19. The Morgan fingerprint density at radius 1 is 1.18 bits per heavy atom. The Kier molecular flexibility index (Phi) is 3.91. The van der Waals surface area contributed by atoms with Crippen LogP contribution in [0.15, 0.2) is 18.2 Å². The molecule has 0 heterocycles. The van der Waals surface area contributed by atoms with E-state index in [1.807, 2.05) is 0 Å². The van der Waals surface area contributed by atoms with E-state index < -0.39 is 7.12 Å². The fraction of sp³-hybridized carbons (Fsp3) is 0.500. The lowest BCUT2D eigenvalue weighted by Gasteiger charge is -2.24. The van der Waals surface area contributed by atoms with Gasteiger partial charge in [-0.3, -0.25) is 0 Å². The molecule has 1 aromatic rings.